The van der Waals surface area contributed by atoms with Crippen molar-refractivity contribution in [3.05, 3.63) is 12.7 Å². The van der Waals surface area contributed by atoms with Crippen LogP contribution in [0.2, 0.25) is 0 Å². The number of rotatable bonds is 7. The number of carboxylic acids is 1. The summed E-state index contributed by atoms with van der Waals surface area (Å²) in [5, 5.41) is 11.5. The van der Waals surface area contributed by atoms with Crippen molar-refractivity contribution < 1.29 is 14.7 Å². The van der Waals surface area contributed by atoms with E-state index in [1.165, 1.54) is 0 Å². The predicted molar refractivity (Wildman–Crippen MR) is 63.1 cm³/mol. The van der Waals surface area contributed by atoms with E-state index in [0.717, 1.165) is 0 Å². The van der Waals surface area contributed by atoms with Gasteiger partial charge in [0, 0.05) is 12.5 Å². The molecule has 0 spiro atoms. The molecule has 1 amide bonds. The van der Waals surface area contributed by atoms with Crippen LogP contribution in [0.15, 0.2) is 12.7 Å². The van der Waals surface area contributed by atoms with Gasteiger partial charge in [0.25, 0.3) is 0 Å². The zero-order valence-corrected chi connectivity index (χ0v) is 10.2. The summed E-state index contributed by atoms with van der Waals surface area (Å²) in [5.41, 5.74) is -0.510. The van der Waals surface area contributed by atoms with Crippen LogP contribution in [0.5, 0.6) is 0 Å². The first-order valence-corrected chi connectivity index (χ1v) is 5.39. The maximum Gasteiger partial charge on any atom is 0.303 e. The second-order valence-corrected chi connectivity index (χ2v) is 4.90. The third kappa shape index (κ3) is 7.04. The Bertz CT molecular complexity index is 271. The molecule has 4 heteroatoms. The molecule has 4 nitrogen and oxygen atoms in total. The lowest BCUT2D eigenvalue weighted by Gasteiger charge is -2.22. The van der Waals surface area contributed by atoms with Gasteiger partial charge in [0.15, 0.2) is 0 Å². The van der Waals surface area contributed by atoms with E-state index >= 15 is 0 Å². The Morgan fingerprint density at radius 1 is 1.44 bits per heavy atom. The topological polar surface area (TPSA) is 66.4 Å². The van der Waals surface area contributed by atoms with E-state index in [1.54, 1.807) is 19.9 Å². The van der Waals surface area contributed by atoms with E-state index in [1.807, 2.05) is 6.92 Å². The summed E-state index contributed by atoms with van der Waals surface area (Å²) >= 11 is 0. The Morgan fingerprint density at radius 3 is 2.44 bits per heavy atom. The van der Waals surface area contributed by atoms with Crippen LogP contribution < -0.4 is 5.32 Å². The molecule has 1 atom stereocenters. The molecule has 0 saturated carbocycles. The number of carboxylic acid groups (broad SMARTS) is 1. The SMILES string of the molecule is C=CCC(C)NC(=O)CC(C)(C)CC(=O)O. The largest absolute Gasteiger partial charge is 0.481 e. The van der Waals surface area contributed by atoms with Gasteiger partial charge in [-0.2, -0.15) is 0 Å². The van der Waals surface area contributed by atoms with E-state index in [2.05, 4.69) is 11.9 Å². The van der Waals surface area contributed by atoms with Crippen LogP contribution in [0.25, 0.3) is 0 Å². The normalized spacial score (nSPS) is 12.9. The smallest absolute Gasteiger partial charge is 0.303 e. The minimum atomic E-state index is -0.878. The van der Waals surface area contributed by atoms with Crippen LogP contribution in [0, 0.1) is 5.41 Å². The van der Waals surface area contributed by atoms with Gasteiger partial charge in [-0.1, -0.05) is 19.9 Å². The van der Waals surface area contributed by atoms with Crippen LogP contribution in [-0.4, -0.2) is 23.0 Å². The van der Waals surface area contributed by atoms with Crippen molar-refractivity contribution in [3.63, 3.8) is 0 Å². The lowest BCUT2D eigenvalue weighted by Crippen LogP contribution is -2.35. The van der Waals surface area contributed by atoms with Crippen LogP contribution in [0.1, 0.15) is 40.0 Å². The van der Waals surface area contributed by atoms with Gasteiger partial charge < -0.3 is 10.4 Å². The molecule has 0 fully saturated rings. The highest BCUT2D eigenvalue weighted by atomic mass is 16.4. The average molecular weight is 227 g/mol. The van der Waals surface area contributed by atoms with E-state index in [9.17, 15) is 9.59 Å². The zero-order valence-electron chi connectivity index (χ0n) is 10.2. The zero-order chi connectivity index (χ0) is 12.8. The third-order valence-electron chi connectivity index (χ3n) is 2.20. The monoisotopic (exact) mass is 227 g/mol. The standard InChI is InChI=1S/C12H21NO3/c1-5-6-9(2)13-10(14)7-12(3,4)8-11(15)16/h5,9H,1,6-8H2,2-4H3,(H,13,14)(H,15,16). The molecule has 0 aromatic heterocycles. The van der Waals surface area contributed by atoms with Crippen molar-refractivity contribution in [3.8, 4) is 0 Å². The van der Waals surface area contributed by atoms with Gasteiger partial charge in [-0.25, -0.2) is 0 Å². The van der Waals surface area contributed by atoms with Crippen LogP contribution in [0.3, 0.4) is 0 Å². The molecule has 0 aromatic rings. The molecule has 2 N–H and O–H groups in total. The van der Waals surface area contributed by atoms with E-state index in [-0.39, 0.29) is 24.8 Å². The number of amides is 1. The van der Waals surface area contributed by atoms with Crippen molar-refractivity contribution in [1.29, 1.82) is 0 Å². The first-order valence-electron chi connectivity index (χ1n) is 5.39. The summed E-state index contributed by atoms with van der Waals surface area (Å²) in [6, 6.07) is 0.0469. The number of nitrogens with one attached hydrogen (secondary N) is 1. The molecule has 0 aliphatic carbocycles. The Kier molecular flexibility index (Phi) is 5.78. The number of carbonyl (C=O) groups is 2. The molecule has 0 heterocycles. The minimum absolute atomic E-state index is 0.00371. The number of aliphatic carboxylic acids is 1. The van der Waals surface area contributed by atoms with Gasteiger partial charge in [0.2, 0.25) is 5.91 Å². The molecule has 0 aliphatic heterocycles. The maximum absolute atomic E-state index is 11.6. The lowest BCUT2D eigenvalue weighted by molar-refractivity contribution is -0.139. The van der Waals surface area contributed by atoms with Crippen LogP contribution in [0.4, 0.5) is 0 Å². The first-order chi connectivity index (χ1) is 7.26. The van der Waals surface area contributed by atoms with Crippen molar-refractivity contribution in [2.24, 2.45) is 5.41 Å². The number of carbonyl (C=O) groups excluding carboxylic acids is 1. The summed E-state index contributed by atoms with van der Waals surface area (Å²) < 4.78 is 0. The molecule has 0 rings (SSSR count). The highest BCUT2D eigenvalue weighted by Crippen LogP contribution is 2.24. The van der Waals surface area contributed by atoms with Gasteiger partial charge in [0.05, 0.1) is 6.42 Å². The van der Waals surface area contributed by atoms with Crippen molar-refractivity contribution in [1.82, 2.24) is 5.32 Å². The third-order valence-corrected chi connectivity index (χ3v) is 2.20. The summed E-state index contributed by atoms with van der Waals surface area (Å²) in [5.74, 6) is -0.988. The van der Waals surface area contributed by atoms with Crippen molar-refractivity contribution >= 4 is 11.9 Å². The van der Waals surface area contributed by atoms with Gasteiger partial charge in [-0.3, -0.25) is 9.59 Å². The van der Waals surface area contributed by atoms with E-state index in [4.69, 9.17) is 5.11 Å². The van der Waals surface area contributed by atoms with Crippen LogP contribution in [-0.2, 0) is 9.59 Å². The fourth-order valence-corrected chi connectivity index (χ4v) is 1.54. The minimum Gasteiger partial charge on any atom is -0.481 e. The second-order valence-electron chi connectivity index (χ2n) is 4.90. The quantitative estimate of drug-likeness (QED) is 0.653. The molecule has 0 aromatic carbocycles. The Hall–Kier alpha value is -1.32. The Labute approximate surface area is 96.7 Å². The summed E-state index contributed by atoms with van der Waals surface area (Å²) in [7, 11) is 0. The predicted octanol–water partition coefficient (Wildman–Crippen LogP) is 1.96. The first kappa shape index (κ1) is 14.7. The molecule has 16 heavy (non-hydrogen) atoms. The fourth-order valence-electron chi connectivity index (χ4n) is 1.54. The number of hydrogen-bond donors (Lipinski definition) is 2. The fraction of sp³-hybridized carbons (Fsp3) is 0.667. The van der Waals surface area contributed by atoms with Gasteiger partial charge >= 0.3 is 5.97 Å². The molecule has 92 valence electrons. The molecule has 0 bridgehead atoms. The second kappa shape index (κ2) is 6.30. The average Bonchev–Trinajstić information content (AvgIpc) is 1.98. The van der Waals surface area contributed by atoms with Gasteiger partial charge in [-0.05, 0) is 18.8 Å². The highest BCUT2D eigenvalue weighted by Gasteiger charge is 2.25. The molecule has 0 aliphatic rings. The maximum atomic E-state index is 11.6. The molecular formula is C12H21NO3. The molecule has 0 saturated heterocycles. The van der Waals surface area contributed by atoms with Crippen molar-refractivity contribution in [2.45, 2.75) is 46.1 Å². The highest BCUT2D eigenvalue weighted by molar-refractivity contribution is 5.78. The van der Waals surface area contributed by atoms with Crippen LogP contribution >= 0.6 is 0 Å². The van der Waals surface area contributed by atoms with Crippen molar-refractivity contribution in [2.75, 3.05) is 0 Å². The number of hydrogen-bond acceptors (Lipinski definition) is 2. The molecular weight excluding hydrogens is 206 g/mol. The van der Waals surface area contributed by atoms with Gasteiger partial charge in [-0.15, -0.1) is 6.58 Å². The summed E-state index contributed by atoms with van der Waals surface area (Å²) in [4.78, 5) is 22.2. The summed E-state index contributed by atoms with van der Waals surface area (Å²) in [6.45, 7) is 9.04. The Balaban J connectivity index is 4.12. The molecule has 0 radical (unpaired) electrons. The lowest BCUT2D eigenvalue weighted by atomic mass is 9.85. The van der Waals surface area contributed by atoms with E-state index < -0.39 is 11.4 Å². The van der Waals surface area contributed by atoms with E-state index in [0.29, 0.717) is 6.42 Å². The summed E-state index contributed by atoms with van der Waals surface area (Å²) in [6.07, 6.45) is 2.68. The van der Waals surface area contributed by atoms with Gasteiger partial charge in [0.1, 0.15) is 0 Å². The Morgan fingerprint density at radius 2 is 2.00 bits per heavy atom. The molecule has 1 unspecified atom stereocenters.